The molecule has 0 aromatic heterocycles. The molecule has 7 heteroatoms. The molecule has 0 bridgehead atoms. The van der Waals surface area contributed by atoms with Gasteiger partial charge in [0.15, 0.2) is 5.78 Å². The number of rotatable bonds is 6. The third kappa shape index (κ3) is 4.67. The van der Waals surface area contributed by atoms with Crippen LogP contribution in [-0.2, 0) is 9.47 Å². The van der Waals surface area contributed by atoms with Gasteiger partial charge in [0.2, 0.25) is 0 Å². The summed E-state index contributed by atoms with van der Waals surface area (Å²) in [5.41, 5.74) is -0.0450. The lowest BCUT2D eigenvalue weighted by Crippen LogP contribution is -2.38. The second kappa shape index (κ2) is 8.29. The van der Waals surface area contributed by atoms with Crippen molar-refractivity contribution < 1.29 is 24.2 Å². The molecular weight excluding hydrogens is 322 g/mol. The molecule has 1 N–H and O–H groups in total. The molecule has 0 unspecified atom stereocenters. The molecule has 0 radical (unpaired) electrons. The van der Waals surface area contributed by atoms with Crippen molar-refractivity contribution in [2.24, 2.45) is 0 Å². The van der Waals surface area contributed by atoms with Gasteiger partial charge in [-0.2, -0.15) is 0 Å². The number of aromatic hydroxyl groups is 1. The van der Waals surface area contributed by atoms with E-state index < -0.39 is 5.97 Å². The molecule has 0 amide bonds. The molecule has 23 heavy (non-hydrogen) atoms. The molecular formula is C16H20ClNO5. The molecule has 1 aromatic rings. The van der Waals surface area contributed by atoms with Gasteiger partial charge in [-0.25, -0.2) is 4.79 Å². The molecule has 1 saturated heterocycles. The van der Waals surface area contributed by atoms with Crippen LogP contribution < -0.4 is 0 Å². The summed E-state index contributed by atoms with van der Waals surface area (Å²) in [5, 5.41) is 10.3. The largest absolute Gasteiger partial charge is 0.506 e. The molecule has 1 aromatic carbocycles. The number of benzene rings is 1. The van der Waals surface area contributed by atoms with E-state index >= 15 is 0 Å². The van der Waals surface area contributed by atoms with Gasteiger partial charge in [0.1, 0.15) is 17.9 Å². The number of Topliss-reactive ketones (excluding diaryl/α,β-unsaturated/α-hetero) is 1. The molecule has 1 fully saturated rings. The van der Waals surface area contributed by atoms with Crippen molar-refractivity contribution in [1.82, 2.24) is 4.90 Å². The van der Waals surface area contributed by atoms with Gasteiger partial charge < -0.3 is 14.6 Å². The topological polar surface area (TPSA) is 76.1 Å². The molecule has 0 atom stereocenters. The fraction of sp³-hybridized carbons (Fsp3) is 0.500. The number of hydrogen-bond donors (Lipinski definition) is 1. The first-order chi connectivity index (χ1) is 11.0. The molecule has 1 aliphatic rings. The summed E-state index contributed by atoms with van der Waals surface area (Å²) in [6, 6.07) is 2.66. The predicted molar refractivity (Wildman–Crippen MR) is 85.3 cm³/mol. The minimum absolute atomic E-state index is 0.0418. The van der Waals surface area contributed by atoms with Crippen LogP contribution in [0.25, 0.3) is 0 Å². The van der Waals surface area contributed by atoms with Gasteiger partial charge >= 0.3 is 5.97 Å². The Kier molecular flexibility index (Phi) is 6.38. The quantitative estimate of drug-likeness (QED) is 0.631. The predicted octanol–water partition coefficient (Wildman–Crippen LogP) is 2.13. The van der Waals surface area contributed by atoms with Crippen molar-refractivity contribution in [3.63, 3.8) is 0 Å². The van der Waals surface area contributed by atoms with Crippen LogP contribution in [0.1, 0.15) is 34.1 Å². The van der Waals surface area contributed by atoms with Gasteiger partial charge in [0, 0.05) is 31.1 Å². The van der Waals surface area contributed by atoms with Crippen molar-refractivity contribution in [3.05, 3.63) is 28.3 Å². The third-order valence-corrected chi connectivity index (χ3v) is 3.88. The first kappa shape index (κ1) is 17.7. The molecule has 2 rings (SSSR count). The standard InChI is InChI=1S/C16H20ClNO5/c1-2-14(19)12-9-11(17)10-13(15(12)20)16(21)23-8-5-18-3-6-22-7-4-18/h9-10,20H,2-8H2,1H3. The number of morpholine rings is 1. The Morgan fingerprint density at radius 1 is 1.30 bits per heavy atom. The average Bonchev–Trinajstić information content (AvgIpc) is 2.56. The lowest BCUT2D eigenvalue weighted by atomic mass is 10.0. The maximum absolute atomic E-state index is 12.1. The summed E-state index contributed by atoms with van der Waals surface area (Å²) < 4.78 is 10.4. The number of ether oxygens (including phenoxy) is 2. The number of carbonyl (C=O) groups is 2. The van der Waals surface area contributed by atoms with Crippen molar-refractivity contribution in [2.45, 2.75) is 13.3 Å². The second-order valence-electron chi connectivity index (χ2n) is 5.22. The number of hydrogen-bond acceptors (Lipinski definition) is 6. The van der Waals surface area contributed by atoms with Crippen LogP contribution in [0, 0.1) is 0 Å². The van der Waals surface area contributed by atoms with Crippen molar-refractivity contribution in [2.75, 3.05) is 39.5 Å². The number of phenols is 1. The smallest absolute Gasteiger partial charge is 0.342 e. The number of phenolic OH excluding ortho intramolecular Hbond substituents is 1. The summed E-state index contributed by atoms with van der Waals surface area (Å²) in [6.07, 6.45) is 0.208. The summed E-state index contributed by atoms with van der Waals surface area (Å²) >= 11 is 5.93. The highest BCUT2D eigenvalue weighted by Gasteiger charge is 2.21. The number of halogens is 1. The lowest BCUT2D eigenvalue weighted by molar-refractivity contribution is 0.0194. The van der Waals surface area contributed by atoms with Crippen LogP contribution in [0.4, 0.5) is 0 Å². The minimum atomic E-state index is -0.691. The summed E-state index contributed by atoms with van der Waals surface area (Å²) in [4.78, 5) is 26.0. The third-order valence-electron chi connectivity index (χ3n) is 3.66. The number of esters is 1. The van der Waals surface area contributed by atoms with Crippen molar-refractivity contribution in [1.29, 1.82) is 0 Å². The first-order valence-corrected chi connectivity index (χ1v) is 7.93. The Bertz CT molecular complexity index is 584. The SMILES string of the molecule is CCC(=O)c1cc(Cl)cc(C(=O)OCCN2CCOCC2)c1O. The van der Waals surface area contributed by atoms with E-state index in [1.165, 1.54) is 12.1 Å². The van der Waals surface area contributed by atoms with Gasteiger partial charge in [0.25, 0.3) is 0 Å². The van der Waals surface area contributed by atoms with Crippen molar-refractivity contribution >= 4 is 23.4 Å². The van der Waals surface area contributed by atoms with E-state index in [0.29, 0.717) is 19.8 Å². The van der Waals surface area contributed by atoms with Gasteiger partial charge in [-0.3, -0.25) is 9.69 Å². The zero-order valence-electron chi connectivity index (χ0n) is 13.0. The normalized spacial score (nSPS) is 15.4. The van der Waals surface area contributed by atoms with Crippen LogP contribution in [0.5, 0.6) is 5.75 Å². The van der Waals surface area contributed by atoms with Gasteiger partial charge in [0.05, 0.1) is 18.8 Å². The highest BCUT2D eigenvalue weighted by atomic mass is 35.5. The summed E-state index contributed by atoms with van der Waals surface area (Å²) in [5.74, 6) is -1.35. The van der Waals surface area contributed by atoms with E-state index in [1.807, 2.05) is 0 Å². The molecule has 0 aliphatic carbocycles. The zero-order chi connectivity index (χ0) is 16.8. The van der Waals surface area contributed by atoms with E-state index in [9.17, 15) is 14.7 Å². The number of ketones is 1. The lowest BCUT2D eigenvalue weighted by Gasteiger charge is -2.26. The molecule has 0 saturated carbocycles. The van der Waals surface area contributed by atoms with Crippen LogP contribution in [0.15, 0.2) is 12.1 Å². The Hall–Kier alpha value is -1.63. The minimum Gasteiger partial charge on any atom is -0.506 e. The van der Waals surface area contributed by atoms with Gasteiger partial charge in [-0.15, -0.1) is 0 Å². The van der Waals surface area contributed by atoms with E-state index in [1.54, 1.807) is 6.92 Å². The summed E-state index contributed by atoms with van der Waals surface area (Å²) in [7, 11) is 0. The van der Waals surface area contributed by atoms with E-state index in [0.717, 1.165) is 13.1 Å². The molecule has 6 nitrogen and oxygen atoms in total. The maximum Gasteiger partial charge on any atom is 0.342 e. The number of nitrogens with zero attached hydrogens (tertiary/aromatic N) is 1. The zero-order valence-corrected chi connectivity index (χ0v) is 13.8. The van der Waals surface area contributed by atoms with Gasteiger partial charge in [-0.05, 0) is 12.1 Å². The first-order valence-electron chi connectivity index (χ1n) is 7.56. The highest BCUT2D eigenvalue weighted by Crippen LogP contribution is 2.28. The fourth-order valence-electron chi connectivity index (χ4n) is 2.33. The van der Waals surface area contributed by atoms with Gasteiger partial charge in [-0.1, -0.05) is 18.5 Å². The Labute approximate surface area is 139 Å². The Morgan fingerprint density at radius 2 is 1.96 bits per heavy atom. The van der Waals surface area contributed by atoms with E-state index in [2.05, 4.69) is 4.90 Å². The van der Waals surface area contributed by atoms with E-state index in [-0.39, 0.29) is 40.7 Å². The second-order valence-corrected chi connectivity index (χ2v) is 5.65. The average molecular weight is 342 g/mol. The summed E-state index contributed by atoms with van der Waals surface area (Å²) in [6.45, 7) is 5.41. The van der Waals surface area contributed by atoms with Crippen LogP contribution in [0.2, 0.25) is 5.02 Å². The molecule has 1 aliphatic heterocycles. The molecule has 1 heterocycles. The maximum atomic E-state index is 12.1. The monoisotopic (exact) mass is 341 g/mol. The molecule has 0 spiro atoms. The molecule has 126 valence electrons. The Morgan fingerprint density at radius 3 is 2.61 bits per heavy atom. The van der Waals surface area contributed by atoms with Crippen LogP contribution >= 0.6 is 11.6 Å². The Balaban J connectivity index is 2.01. The van der Waals surface area contributed by atoms with Crippen molar-refractivity contribution in [3.8, 4) is 5.75 Å². The fourth-order valence-corrected chi connectivity index (χ4v) is 2.55. The van der Waals surface area contributed by atoms with Crippen LogP contribution in [-0.4, -0.2) is 61.2 Å². The highest BCUT2D eigenvalue weighted by molar-refractivity contribution is 6.31. The number of carbonyl (C=O) groups excluding carboxylic acids is 2. The van der Waals surface area contributed by atoms with E-state index in [4.69, 9.17) is 21.1 Å². The van der Waals surface area contributed by atoms with Crippen LogP contribution in [0.3, 0.4) is 0 Å².